The molecule has 21 heavy (non-hydrogen) atoms. The molecule has 0 radical (unpaired) electrons. The molecule has 1 unspecified atom stereocenters. The van der Waals surface area contributed by atoms with Crippen LogP contribution in [0.15, 0.2) is 0 Å². The third-order valence-electron chi connectivity index (χ3n) is 4.38. The summed E-state index contributed by atoms with van der Waals surface area (Å²) in [5, 5.41) is 4.85. The lowest BCUT2D eigenvalue weighted by molar-refractivity contribution is 0.152. The number of ether oxygens (including phenoxy) is 1. The van der Waals surface area contributed by atoms with Crippen LogP contribution in [0.25, 0.3) is 0 Å². The van der Waals surface area contributed by atoms with E-state index in [1.54, 1.807) is 0 Å². The van der Waals surface area contributed by atoms with Gasteiger partial charge in [-0.2, -0.15) is 0 Å². The molecule has 0 bridgehead atoms. The smallest absolute Gasteiger partial charge is 0.185 e. The van der Waals surface area contributed by atoms with E-state index in [9.17, 15) is 0 Å². The first kappa shape index (κ1) is 15.3. The van der Waals surface area contributed by atoms with Crippen LogP contribution in [0.4, 0.5) is 5.13 Å². The predicted octanol–water partition coefficient (Wildman–Crippen LogP) is 2.99. The van der Waals surface area contributed by atoms with Crippen molar-refractivity contribution in [1.29, 1.82) is 0 Å². The summed E-state index contributed by atoms with van der Waals surface area (Å²) in [5.74, 6) is 0. The summed E-state index contributed by atoms with van der Waals surface area (Å²) < 4.78 is 5.56. The second-order valence-corrected chi connectivity index (χ2v) is 7.92. The number of anilines is 1. The van der Waals surface area contributed by atoms with Gasteiger partial charge in [-0.3, -0.25) is 0 Å². The van der Waals surface area contributed by atoms with Crippen molar-refractivity contribution in [3.05, 3.63) is 10.6 Å². The molecule has 2 aliphatic rings. The molecule has 1 aromatic heterocycles. The topological polar surface area (TPSA) is 37.4 Å². The van der Waals surface area contributed by atoms with E-state index in [4.69, 9.17) is 9.72 Å². The van der Waals surface area contributed by atoms with Crippen LogP contribution in [0.2, 0.25) is 0 Å². The number of nitrogens with zero attached hydrogens (tertiary/aromatic N) is 2. The SMILES string of the molecule is CCNC1CC(C)(C)Cc2nc(N3CCCOCC3)sc21. The monoisotopic (exact) mass is 309 g/mol. The number of aromatic nitrogens is 1. The summed E-state index contributed by atoms with van der Waals surface area (Å²) in [5.41, 5.74) is 1.66. The largest absolute Gasteiger partial charge is 0.380 e. The summed E-state index contributed by atoms with van der Waals surface area (Å²) >= 11 is 1.90. The number of hydrogen-bond donors (Lipinski definition) is 1. The molecule has 0 amide bonds. The van der Waals surface area contributed by atoms with Crippen molar-refractivity contribution >= 4 is 16.5 Å². The minimum atomic E-state index is 0.340. The molecule has 5 heteroatoms. The van der Waals surface area contributed by atoms with Crippen LogP contribution in [0.1, 0.15) is 50.2 Å². The number of nitrogens with one attached hydrogen (secondary N) is 1. The van der Waals surface area contributed by atoms with Crippen LogP contribution in [0.5, 0.6) is 0 Å². The molecular formula is C16H27N3OS. The number of fused-ring (bicyclic) bond motifs is 1. The average molecular weight is 309 g/mol. The quantitative estimate of drug-likeness (QED) is 0.931. The third kappa shape index (κ3) is 3.41. The van der Waals surface area contributed by atoms with E-state index in [1.165, 1.54) is 22.1 Å². The zero-order valence-electron chi connectivity index (χ0n) is 13.4. The molecule has 0 spiro atoms. The van der Waals surface area contributed by atoms with Gasteiger partial charge in [-0.1, -0.05) is 32.1 Å². The molecule has 2 heterocycles. The van der Waals surface area contributed by atoms with Gasteiger partial charge in [0, 0.05) is 30.6 Å². The van der Waals surface area contributed by atoms with Crippen LogP contribution >= 0.6 is 11.3 Å². The zero-order valence-corrected chi connectivity index (χ0v) is 14.3. The predicted molar refractivity (Wildman–Crippen MR) is 88.3 cm³/mol. The Balaban J connectivity index is 1.86. The maximum absolute atomic E-state index is 5.56. The first-order valence-electron chi connectivity index (χ1n) is 8.15. The molecule has 0 aromatic carbocycles. The van der Waals surface area contributed by atoms with Gasteiger partial charge in [0.05, 0.1) is 12.3 Å². The second kappa shape index (κ2) is 6.23. The highest BCUT2D eigenvalue weighted by Gasteiger charge is 2.35. The Morgan fingerprint density at radius 3 is 3.05 bits per heavy atom. The summed E-state index contributed by atoms with van der Waals surface area (Å²) in [6, 6.07) is 0.475. The van der Waals surface area contributed by atoms with E-state index < -0.39 is 0 Å². The fourth-order valence-electron chi connectivity index (χ4n) is 3.40. The Labute approximate surface area is 131 Å². The highest BCUT2D eigenvalue weighted by Crippen LogP contribution is 2.44. The normalized spacial score (nSPS) is 25.5. The van der Waals surface area contributed by atoms with Gasteiger partial charge in [0.15, 0.2) is 5.13 Å². The van der Waals surface area contributed by atoms with Crippen molar-refractivity contribution in [3.8, 4) is 0 Å². The molecule has 1 atom stereocenters. The van der Waals surface area contributed by atoms with Crippen LogP contribution < -0.4 is 10.2 Å². The van der Waals surface area contributed by atoms with E-state index in [1.807, 2.05) is 11.3 Å². The van der Waals surface area contributed by atoms with Gasteiger partial charge in [0.1, 0.15) is 0 Å². The second-order valence-electron chi connectivity index (χ2n) is 6.92. The summed E-state index contributed by atoms with van der Waals surface area (Å²) in [7, 11) is 0. The Morgan fingerprint density at radius 2 is 2.24 bits per heavy atom. The Kier molecular flexibility index (Phi) is 4.52. The zero-order chi connectivity index (χ0) is 14.9. The van der Waals surface area contributed by atoms with Gasteiger partial charge >= 0.3 is 0 Å². The number of thiazole rings is 1. The standard InChI is InChI=1S/C16H27N3OS/c1-4-17-12-10-16(2,3)11-13-14(12)21-15(18-13)19-6-5-8-20-9-7-19/h12,17H,4-11H2,1-3H3. The van der Waals surface area contributed by atoms with Crippen molar-refractivity contribution in [2.45, 2.75) is 46.1 Å². The Morgan fingerprint density at radius 1 is 1.38 bits per heavy atom. The van der Waals surface area contributed by atoms with Crippen LogP contribution in [0, 0.1) is 5.41 Å². The van der Waals surface area contributed by atoms with Crippen molar-refractivity contribution in [1.82, 2.24) is 10.3 Å². The lowest BCUT2D eigenvalue weighted by Gasteiger charge is -2.34. The molecule has 1 saturated heterocycles. The van der Waals surface area contributed by atoms with Gasteiger partial charge < -0.3 is 15.0 Å². The molecular weight excluding hydrogens is 282 g/mol. The van der Waals surface area contributed by atoms with Gasteiger partial charge in [-0.25, -0.2) is 4.98 Å². The van der Waals surface area contributed by atoms with Crippen molar-refractivity contribution in [3.63, 3.8) is 0 Å². The molecule has 1 fully saturated rings. The molecule has 0 saturated carbocycles. The minimum absolute atomic E-state index is 0.340. The number of rotatable bonds is 3. The van der Waals surface area contributed by atoms with Gasteiger partial charge in [-0.15, -0.1) is 0 Å². The molecule has 118 valence electrons. The highest BCUT2D eigenvalue weighted by atomic mass is 32.1. The highest BCUT2D eigenvalue weighted by molar-refractivity contribution is 7.15. The van der Waals surface area contributed by atoms with E-state index in [2.05, 4.69) is 31.0 Å². The molecule has 1 N–H and O–H groups in total. The fourth-order valence-corrected chi connectivity index (χ4v) is 4.61. The third-order valence-corrected chi connectivity index (χ3v) is 5.65. The molecule has 1 aliphatic heterocycles. The maximum Gasteiger partial charge on any atom is 0.185 e. The van der Waals surface area contributed by atoms with Crippen molar-refractivity contribution in [2.75, 3.05) is 37.7 Å². The Hall–Kier alpha value is -0.650. The number of hydrogen-bond acceptors (Lipinski definition) is 5. The van der Waals surface area contributed by atoms with Gasteiger partial charge in [-0.05, 0) is 31.2 Å². The lowest BCUT2D eigenvalue weighted by atomic mass is 9.76. The van der Waals surface area contributed by atoms with Gasteiger partial charge in [0.25, 0.3) is 0 Å². The van der Waals surface area contributed by atoms with Crippen LogP contribution in [-0.4, -0.2) is 37.8 Å². The molecule has 1 aromatic rings. The maximum atomic E-state index is 5.56. The van der Waals surface area contributed by atoms with E-state index in [0.717, 1.165) is 45.7 Å². The van der Waals surface area contributed by atoms with Crippen molar-refractivity contribution < 1.29 is 4.74 Å². The van der Waals surface area contributed by atoms with Crippen LogP contribution in [0.3, 0.4) is 0 Å². The van der Waals surface area contributed by atoms with Gasteiger partial charge in [0.2, 0.25) is 0 Å². The first-order valence-corrected chi connectivity index (χ1v) is 8.96. The summed E-state index contributed by atoms with van der Waals surface area (Å²) in [6.45, 7) is 11.7. The molecule has 1 aliphatic carbocycles. The van der Waals surface area contributed by atoms with E-state index in [0.29, 0.717) is 11.5 Å². The minimum Gasteiger partial charge on any atom is -0.380 e. The average Bonchev–Trinajstić information content (AvgIpc) is 2.66. The molecule has 3 rings (SSSR count). The Bertz CT molecular complexity index is 478. The van der Waals surface area contributed by atoms with E-state index >= 15 is 0 Å². The van der Waals surface area contributed by atoms with Crippen molar-refractivity contribution in [2.24, 2.45) is 5.41 Å². The fraction of sp³-hybridized carbons (Fsp3) is 0.812. The van der Waals surface area contributed by atoms with Crippen LogP contribution in [-0.2, 0) is 11.2 Å². The summed E-state index contributed by atoms with van der Waals surface area (Å²) in [4.78, 5) is 8.87. The summed E-state index contributed by atoms with van der Waals surface area (Å²) in [6.07, 6.45) is 3.41. The molecule has 4 nitrogen and oxygen atoms in total. The van der Waals surface area contributed by atoms with E-state index in [-0.39, 0.29) is 0 Å². The lowest BCUT2D eigenvalue weighted by Crippen LogP contribution is -2.32. The first-order chi connectivity index (χ1) is 10.1.